The predicted molar refractivity (Wildman–Crippen MR) is 83.1 cm³/mol. The van der Waals surface area contributed by atoms with Crippen LogP contribution in [0.3, 0.4) is 0 Å². The van der Waals surface area contributed by atoms with Crippen LogP contribution in [0.5, 0.6) is 0 Å². The van der Waals surface area contributed by atoms with Gasteiger partial charge in [0, 0.05) is 6.20 Å². The Labute approximate surface area is 130 Å². The van der Waals surface area contributed by atoms with Crippen molar-refractivity contribution in [3.8, 4) is 0 Å². The van der Waals surface area contributed by atoms with Crippen LogP contribution in [-0.2, 0) is 25.3 Å². The lowest BCUT2D eigenvalue weighted by molar-refractivity contribution is -0.152. The molecule has 2 radical (unpaired) electrons. The molecule has 2 heterocycles. The summed E-state index contributed by atoms with van der Waals surface area (Å²) in [7, 11) is 0.432. The average molecular weight is 307 g/mol. The third-order valence-electron chi connectivity index (χ3n) is 3.37. The van der Waals surface area contributed by atoms with Gasteiger partial charge in [-0.1, -0.05) is 20.8 Å². The molecule has 0 atom stereocenters. The van der Waals surface area contributed by atoms with Crippen LogP contribution in [-0.4, -0.2) is 28.0 Å². The van der Waals surface area contributed by atoms with Crippen molar-refractivity contribution in [1.82, 2.24) is 4.98 Å². The van der Waals surface area contributed by atoms with Crippen LogP contribution in [0.1, 0.15) is 52.8 Å². The predicted octanol–water partition coefficient (Wildman–Crippen LogP) is 3.39. The molecule has 0 spiro atoms. The van der Waals surface area contributed by atoms with Gasteiger partial charge in [-0.15, -0.1) is 0 Å². The number of aromatic nitrogens is 1. The van der Waals surface area contributed by atoms with Crippen molar-refractivity contribution < 1.29 is 13.9 Å². The second-order valence-corrected chi connectivity index (χ2v) is 8.95. The summed E-state index contributed by atoms with van der Waals surface area (Å²) >= 11 is 0. The van der Waals surface area contributed by atoms with Crippen molar-refractivity contribution in [2.45, 2.75) is 58.0 Å². The molecule has 5 heteroatoms. The fourth-order valence-corrected chi connectivity index (χ4v) is 2.73. The molecule has 1 aromatic heterocycles. The molecular weight excluding hydrogens is 282 g/mol. The summed E-state index contributed by atoms with van der Waals surface area (Å²) in [5, 5.41) is 0.163. The third kappa shape index (κ3) is 4.13. The molecular formula is C16H25NO3Si. The highest BCUT2D eigenvalue weighted by Gasteiger charge is 2.36. The minimum Gasteiger partial charge on any atom is -0.408 e. The Bertz CT molecular complexity index is 491. The fourth-order valence-electron chi connectivity index (χ4n) is 2.06. The van der Waals surface area contributed by atoms with Gasteiger partial charge in [0.05, 0.1) is 24.5 Å². The van der Waals surface area contributed by atoms with Gasteiger partial charge in [0.1, 0.15) is 0 Å². The van der Waals surface area contributed by atoms with Crippen LogP contribution in [0.15, 0.2) is 18.3 Å². The van der Waals surface area contributed by atoms with E-state index in [0.29, 0.717) is 23.0 Å². The fraction of sp³-hybridized carbons (Fsp3) is 0.688. The highest BCUT2D eigenvalue weighted by Crippen LogP contribution is 2.33. The second kappa shape index (κ2) is 5.80. The van der Waals surface area contributed by atoms with E-state index < -0.39 is 5.79 Å². The molecule has 21 heavy (non-hydrogen) atoms. The minimum absolute atomic E-state index is 0.163. The molecule has 1 saturated heterocycles. The smallest absolute Gasteiger partial charge is 0.236 e. The maximum absolute atomic E-state index is 6.15. The van der Waals surface area contributed by atoms with Crippen LogP contribution in [0, 0.1) is 0 Å². The van der Waals surface area contributed by atoms with Crippen molar-refractivity contribution in [3.63, 3.8) is 0 Å². The molecule has 0 unspecified atom stereocenters. The van der Waals surface area contributed by atoms with Crippen molar-refractivity contribution in [3.05, 3.63) is 29.6 Å². The van der Waals surface area contributed by atoms with E-state index in [-0.39, 0.29) is 10.6 Å². The first-order valence-electron chi connectivity index (χ1n) is 7.33. The zero-order valence-corrected chi connectivity index (χ0v) is 14.8. The molecule has 2 rings (SSSR count). The van der Waals surface area contributed by atoms with Crippen molar-refractivity contribution in [1.29, 1.82) is 0 Å². The molecule has 4 nitrogen and oxygen atoms in total. The van der Waals surface area contributed by atoms with E-state index >= 15 is 0 Å². The van der Waals surface area contributed by atoms with E-state index in [4.69, 9.17) is 13.9 Å². The van der Waals surface area contributed by atoms with Crippen molar-refractivity contribution in [2.75, 3.05) is 13.2 Å². The average Bonchev–Trinajstić information content (AvgIpc) is 2.84. The molecule has 0 saturated carbocycles. The van der Waals surface area contributed by atoms with E-state index in [1.54, 1.807) is 6.20 Å². The maximum atomic E-state index is 6.15. The molecule has 0 N–H and O–H groups in total. The monoisotopic (exact) mass is 307 g/mol. The van der Waals surface area contributed by atoms with Gasteiger partial charge in [0.25, 0.3) is 0 Å². The SMILES string of the molecule is CC(C)(C)[Si]OC(C)(C)c1ccnc(C2(C)OCCO2)c1. The Morgan fingerprint density at radius 2 is 1.81 bits per heavy atom. The quantitative estimate of drug-likeness (QED) is 0.800. The van der Waals surface area contributed by atoms with E-state index in [2.05, 4.69) is 39.6 Å². The summed E-state index contributed by atoms with van der Waals surface area (Å²) < 4.78 is 17.5. The lowest BCUT2D eigenvalue weighted by Gasteiger charge is -2.31. The van der Waals surface area contributed by atoms with Crippen LogP contribution in [0.2, 0.25) is 5.04 Å². The summed E-state index contributed by atoms with van der Waals surface area (Å²) in [6.07, 6.45) is 1.80. The number of hydrogen-bond acceptors (Lipinski definition) is 4. The first kappa shape index (κ1) is 16.6. The van der Waals surface area contributed by atoms with Gasteiger partial charge in [-0.05, 0) is 43.5 Å². The number of nitrogens with zero attached hydrogens (tertiary/aromatic N) is 1. The van der Waals surface area contributed by atoms with Crippen LogP contribution in [0.25, 0.3) is 0 Å². The Morgan fingerprint density at radius 3 is 2.38 bits per heavy atom. The summed E-state index contributed by atoms with van der Waals surface area (Å²) in [6.45, 7) is 13.8. The van der Waals surface area contributed by atoms with Crippen LogP contribution >= 0.6 is 0 Å². The number of pyridine rings is 1. The van der Waals surface area contributed by atoms with Gasteiger partial charge >= 0.3 is 0 Å². The van der Waals surface area contributed by atoms with Gasteiger partial charge in [-0.3, -0.25) is 4.98 Å². The van der Waals surface area contributed by atoms with Crippen molar-refractivity contribution >= 4 is 9.76 Å². The van der Waals surface area contributed by atoms with E-state index in [9.17, 15) is 0 Å². The zero-order valence-electron chi connectivity index (χ0n) is 13.8. The standard InChI is InChI=1S/C16H25NO3Si/c1-14(2,3)21-20-15(4,5)12-7-8-17-13(11-12)16(6)18-9-10-19-16/h7-8,11H,9-10H2,1-6H3. The number of hydrogen-bond donors (Lipinski definition) is 0. The Kier molecular flexibility index (Phi) is 4.59. The van der Waals surface area contributed by atoms with Gasteiger partial charge < -0.3 is 13.9 Å². The summed E-state index contributed by atoms with van der Waals surface area (Å²) in [6, 6.07) is 4.02. The topological polar surface area (TPSA) is 40.6 Å². The lowest BCUT2D eigenvalue weighted by Crippen LogP contribution is -2.29. The second-order valence-electron chi connectivity index (χ2n) is 7.04. The third-order valence-corrected chi connectivity index (χ3v) is 4.60. The number of rotatable bonds is 4. The maximum Gasteiger partial charge on any atom is 0.236 e. The molecule has 0 aromatic carbocycles. The normalized spacial score (nSPS) is 19.0. The molecule has 0 bridgehead atoms. The van der Waals surface area contributed by atoms with Gasteiger partial charge in [0.15, 0.2) is 0 Å². The molecule has 0 amide bonds. The van der Waals surface area contributed by atoms with Gasteiger partial charge in [-0.2, -0.15) is 0 Å². The summed E-state index contributed by atoms with van der Waals surface area (Å²) in [4.78, 5) is 4.41. The molecule has 1 aliphatic heterocycles. The highest BCUT2D eigenvalue weighted by molar-refractivity contribution is 6.31. The molecule has 116 valence electrons. The van der Waals surface area contributed by atoms with E-state index in [1.807, 2.05) is 19.1 Å². The zero-order chi connectivity index (χ0) is 15.7. The van der Waals surface area contributed by atoms with E-state index in [0.717, 1.165) is 11.3 Å². The first-order chi connectivity index (χ1) is 9.62. The summed E-state index contributed by atoms with van der Waals surface area (Å²) in [5.74, 6) is -0.738. The van der Waals surface area contributed by atoms with Gasteiger partial charge in [-0.25, -0.2) is 0 Å². The Hall–Kier alpha value is -0.753. The first-order valence-corrected chi connectivity index (χ1v) is 8.23. The molecule has 1 fully saturated rings. The molecule has 1 aromatic rings. The molecule has 0 aliphatic carbocycles. The van der Waals surface area contributed by atoms with E-state index in [1.165, 1.54) is 0 Å². The lowest BCUT2D eigenvalue weighted by atomic mass is 9.97. The molecule has 1 aliphatic rings. The van der Waals surface area contributed by atoms with Gasteiger partial charge in [0.2, 0.25) is 15.6 Å². The van der Waals surface area contributed by atoms with Crippen molar-refractivity contribution in [2.24, 2.45) is 0 Å². The number of ether oxygens (including phenoxy) is 2. The Morgan fingerprint density at radius 1 is 1.19 bits per heavy atom. The summed E-state index contributed by atoms with van der Waals surface area (Å²) in [5.41, 5.74) is 1.52. The Balaban J connectivity index is 2.20. The van der Waals surface area contributed by atoms with Crippen LogP contribution < -0.4 is 0 Å². The van der Waals surface area contributed by atoms with Crippen LogP contribution in [0.4, 0.5) is 0 Å². The highest BCUT2D eigenvalue weighted by atomic mass is 28.2. The minimum atomic E-state index is -0.738. The largest absolute Gasteiger partial charge is 0.408 e.